The lowest BCUT2D eigenvalue weighted by Gasteiger charge is -2.07. The van der Waals surface area contributed by atoms with Gasteiger partial charge in [-0.3, -0.25) is 9.79 Å². The molecule has 0 aliphatic carbocycles. The summed E-state index contributed by atoms with van der Waals surface area (Å²) >= 11 is 0. The van der Waals surface area contributed by atoms with E-state index in [0.717, 1.165) is 12.1 Å². The van der Waals surface area contributed by atoms with Crippen LogP contribution in [0.15, 0.2) is 46.2 Å². The molecule has 1 aliphatic rings. The summed E-state index contributed by atoms with van der Waals surface area (Å²) in [7, 11) is 0. The predicted octanol–water partition coefficient (Wildman–Crippen LogP) is 4.27. The zero-order valence-electron chi connectivity index (χ0n) is 18.1. The Morgan fingerprint density at radius 2 is 2.06 bits per heavy atom. The van der Waals surface area contributed by atoms with Gasteiger partial charge >= 0.3 is 6.18 Å². The molecule has 0 saturated carbocycles. The van der Waals surface area contributed by atoms with Gasteiger partial charge in [-0.2, -0.15) is 13.2 Å². The Kier molecular flexibility index (Phi) is 6.56. The first-order valence-corrected chi connectivity index (χ1v) is 10.4. The number of Topliss-reactive ketones (excluding diaryl/α,β-unsaturated/α-hetero) is 1. The maximum Gasteiger partial charge on any atom is 0.416 e. The first kappa shape index (κ1) is 23.3. The van der Waals surface area contributed by atoms with Crippen molar-refractivity contribution in [1.29, 1.82) is 0 Å². The third-order valence-electron chi connectivity index (χ3n) is 5.23. The number of nitrogens with zero attached hydrogens (tertiary/aromatic N) is 4. The van der Waals surface area contributed by atoms with Crippen molar-refractivity contribution >= 4 is 17.2 Å². The summed E-state index contributed by atoms with van der Waals surface area (Å²) in [5, 5.41) is 12.8. The third-order valence-corrected chi connectivity index (χ3v) is 5.23. The second kappa shape index (κ2) is 9.57. The van der Waals surface area contributed by atoms with Crippen molar-refractivity contribution in [2.24, 2.45) is 4.99 Å². The zero-order valence-corrected chi connectivity index (χ0v) is 18.1. The van der Waals surface area contributed by atoms with Gasteiger partial charge in [0.1, 0.15) is 29.2 Å². The SMILES string of the molecule is C[C@H](CC(=O)c1cc(C#CCCO)ncn1)c1cc(C2=Nc3ccc(C(F)(F)F)cc3C2)no1. The number of ketones is 1. The monoisotopic (exact) mass is 468 g/mol. The van der Waals surface area contributed by atoms with Gasteiger partial charge in [-0.15, -0.1) is 0 Å². The number of aliphatic hydroxyl groups excluding tert-OH is 1. The number of fused-ring (bicyclic) bond motifs is 1. The van der Waals surface area contributed by atoms with Gasteiger partial charge in [0.15, 0.2) is 5.78 Å². The van der Waals surface area contributed by atoms with E-state index in [-0.39, 0.29) is 36.8 Å². The van der Waals surface area contributed by atoms with Crippen molar-refractivity contribution in [2.75, 3.05) is 6.61 Å². The number of rotatable bonds is 6. The van der Waals surface area contributed by atoms with Gasteiger partial charge in [0.2, 0.25) is 0 Å². The summed E-state index contributed by atoms with van der Waals surface area (Å²) in [6, 6.07) is 6.59. The molecule has 0 saturated heterocycles. The lowest BCUT2D eigenvalue weighted by atomic mass is 9.99. The van der Waals surface area contributed by atoms with Gasteiger partial charge in [0.25, 0.3) is 0 Å². The Bertz CT molecular complexity index is 1320. The Labute approximate surface area is 192 Å². The van der Waals surface area contributed by atoms with Gasteiger partial charge in [0.05, 0.1) is 23.6 Å². The van der Waals surface area contributed by atoms with Crippen molar-refractivity contribution < 1.29 is 27.6 Å². The number of aliphatic imine (C=N–C) groups is 1. The quantitative estimate of drug-likeness (QED) is 0.428. The molecular formula is C24H19F3N4O3. The first-order valence-electron chi connectivity index (χ1n) is 10.4. The molecule has 7 nitrogen and oxygen atoms in total. The van der Waals surface area contributed by atoms with Gasteiger partial charge in [0, 0.05) is 37.3 Å². The van der Waals surface area contributed by atoms with Crippen LogP contribution in [0.4, 0.5) is 18.9 Å². The van der Waals surface area contributed by atoms with Crippen LogP contribution in [0.1, 0.15) is 64.4 Å². The molecule has 3 aromatic rings. The number of halogens is 3. The number of hydrogen-bond acceptors (Lipinski definition) is 7. The second-order valence-corrected chi connectivity index (χ2v) is 7.78. The Morgan fingerprint density at radius 3 is 2.82 bits per heavy atom. The molecule has 0 bridgehead atoms. The van der Waals surface area contributed by atoms with E-state index in [2.05, 4.69) is 32.0 Å². The number of alkyl halides is 3. The third kappa shape index (κ3) is 5.21. The highest BCUT2D eigenvalue weighted by Gasteiger charge is 2.32. The summed E-state index contributed by atoms with van der Waals surface area (Å²) in [6.45, 7) is 1.74. The van der Waals surface area contributed by atoms with Crippen LogP contribution in [0.25, 0.3) is 0 Å². The smallest absolute Gasteiger partial charge is 0.395 e. The number of carbonyl (C=O) groups excluding carboxylic acids is 1. The first-order chi connectivity index (χ1) is 16.2. The fraction of sp³-hybridized carbons (Fsp3) is 0.292. The second-order valence-electron chi connectivity index (χ2n) is 7.78. The molecule has 34 heavy (non-hydrogen) atoms. The molecule has 0 spiro atoms. The standard InChI is InChI=1S/C24H19F3N4O3/c1-14(8-22(33)21-11-17(28-13-29-21)4-2-3-7-32)23-12-20(31-34-23)19-10-15-9-16(24(25,26)27)5-6-18(15)30-19/h5-6,9,11-14,32H,3,7-8,10H2,1H3/t14-/m1/s1. The molecular weight excluding hydrogens is 449 g/mol. The summed E-state index contributed by atoms with van der Waals surface area (Å²) in [4.78, 5) is 25.1. The molecule has 0 radical (unpaired) electrons. The summed E-state index contributed by atoms with van der Waals surface area (Å²) in [5.41, 5.74) is 1.74. The fourth-order valence-corrected chi connectivity index (χ4v) is 3.45. The molecule has 0 amide bonds. The minimum absolute atomic E-state index is 0.0618. The largest absolute Gasteiger partial charge is 0.416 e. The normalized spacial score (nSPS) is 13.6. The van der Waals surface area contributed by atoms with Crippen LogP contribution in [0.3, 0.4) is 0 Å². The number of aliphatic hydroxyl groups is 1. The maximum absolute atomic E-state index is 13.0. The minimum Gasteiger partial charge on any atom is -0.395 e. The van der Waals surface area contributed by atoms with Crippen LogP contribution in [-0.4, -0.2) is 38.3 Å². The number of hydrogen-bond donors (Lipinski definition) is 1. The van der Waals surface area contributed by atoms with E-state index >= 15 is 0 Å². The van der Waals surface area contributed by atoms with E-state index in [9.17, 15) is 18.0 Å². The van der Waals surface area contributed by atoms with E-state index in [1.54, 1.807) is 13.0 Å². The average molecular weight is 468 g/mol. The highest BCUT2D eigenvalue weighted by Crippen LogP contribution is 2.36. The van der Waals surface area contributed by atoms with Crippen LogP contribution in [0.2, 0.25) is 0 Å². The van der Waals surface area contributed by atoms with Crippen molar-refractivity contribution in [1.82, 2.24) is 15.1 Å². The van der Waals surface area contributed by atoms with Gasteiger partial charge in [-0.1, -0.05) is 18.0 Å². The zero-order chi connectivity index (χ0) is 24.3. The van der Waals surface area contributed by atoms with E-state index in [1.807, 2.05) is 0 Å². The Morgan fingerprint density at radius 1 is 1.24 bits per heavy atom. The molecule has 1 aromatic carbocycles. The van der Waals surface area contributed by atoms with Crippen LogP contribution < -0.4 is 0 Å². The van der Waals surface area contributed by atoms with Crippen molar-refractivity contribution in [3.63, 3.8) is 0 Å². The van der Waals surface area contributed by atoms with E-state index in [4.69, 9.17) is 9.63 Å². The maximum atomic E-state index is 13.0. The molecule has 3 heterocycles. The molecule has 1 atom stereocenters. The lowest BCUT2D eigenvalue weighted by molar-refractivity contribution is -0.137. The lowest BCUT2D eigenvalue weighted by Crippen LogP contribution is -2.08. The number of benzene rings is 1. The Hall–Kier alpha value is -3.84. The summed E-state index contributed by atoms with van der Waals surface area (Å²) < 4.78 is 44.3. The summed E-state index contributed by atoms with van der Waals surface area (Å²) in [6.07, 6.45) is -2.56. The molecule has 4 rings (SSSR count). The van der Waals surface area contributed by atoms with Crippen LogP contribution in [0.5, 0.6) is 0 Å². The molecule has 1 aliphatic heterocycles. The van der Waals surface area contributed by atoms with Crippen molar-refractivity contribution in [2.45, 2.75) is 38.3 Å². The van der Waals surface area contributed by atoms with Crippen LogP contribution >= 0.6 is 0 Å². The molecule has 174 valence electrons. The van der Waals surface area contributed by atoms with Crippen LogP contribution in [-0.2, 0) is 12.6 Å². The van der Waals surface area contributed by atoms with Crippen molar-refractivity contribution in [3.05, 3.63) is 70.6 Å². The topological polar surface area (TPSA) is 101 Å². The highest BCUT2D eigenvalue weighted by atomic mass is 19.4. The molecule has 10 heteroatoms. The van der Waals surface area contributed by atoms with Gasteiger partial charge in [-0.25, -0.2) is 9.97 Å². The summed E-state index contributed by atoms with van der Waals surface area (Å²) in [5.74, 6) is 5.40. The predicted molar refractivity (Wildman–Crippen MR) is 116 cm³/mol. The fourth-order valence-electron chi connectivity index (χ4n) is 3.45. The minimum atomic E-state index is -4.42. The van der Waals surface area contributed by atoms with E-state index < -0.39 is 11.7 Å². The number of aromatic nitrogens is 3. The number of carbonyl (C=O) groups is 1. The van der Waals surface area contributed by atoms with E-state index in [1.165, 1.54) is 18.5 Å². The Balaban J connectivity index is 1.43. The van der Waals surface area contributed by atoms with Crippen LogP contribution in [0, 0.1) is 11.8 Å². The molecule has 1 N–H and O–H groups in total. The van der Waals surface area contributed by atoms with E-state index in [0.29, 0.717) is 40.5 Å². The van der Waals surface area contributed by atoms with Gasteiger partial charge in [-0.05, 0) is 29.7 Å². The molecule has 0 fully saturated rings. The highest BCUT2D eigenvalue weighted by molar-refractivity contribution is 6.05. The average Bonchev–Trinajstić information content (AvgIpc) is 3.45. The molecule has 0 unspecified atom stereocenters. The molecule has 2 aromatic heterocycles. The van der Waals surface area contributed by atoms with Crippen molar-refractivity contribution in [3.8, 4) is 11.8 Å². The van der Waals surface area contributed by atoms with Gasteiger partial charge < -0.3 is 9.63 Å².